The fourth-order valence-corrected chi connectivity index (χ4v) is 4.75. The Hall–Kier alpha value is -4.15. The fraction of sp³-hybridized carbons (Fsp3) is 0.280. The lowest BCUT2D eigenvalue weighted by Crippen LogP contribution is -2.52. The molecule has 0 bridgehead atoms. The van der Waals surface area contributed by atoms with Crippen LogP contribution in [0.15, 0.2) is 42.5 Å². The molecule has 0 saturated carbocycles. The molecule has 0 radical (unpaired) electrons. The van der Waals surface area contributed by atoms with Gasteiger partial charge in [-0.15, -0.1) is 0 Å². The predicted molar refractivity (Wildman–Crippen MR) is 122 cm³/mol. The molecule has 1 fully saturated rings. The Morgan fingerprint density at radius 2 is 1.75 bits per heavy atom. The smallest absolute Gasteiger partial charge is 0.449 e. The van der Waals surface area contributed by atoms with E-state index in [1.54, 1.807) is 42.5 Å². The first-order chi connectivity index (χ1) is 17.1. The SMILES string of the molecule is COc1ccc(-c2c(-c3ccc4c(c3)CN(C3CCC(=O)NC3=O)C4=O)nc(C(F)(F)F)n2C)cc1. The summed E-state index contributed by atoms with van der Waals surface area (Å²) in [6, 6.07) is 10.6. The number of imidazole rings is 1. The van der Waals surface area contributed by atoms with Crippen molar-refractivity contribution in [3.63, 3.8) is 0 Å². The summed E-state index contributed by atoms with van der Waals surface area (Å²) in [5, 5.41) is 2.25. The number of alkyl halides is 3. The summed E-state index contributed by atoms with van der Waals surface area (Å²) in [4.78, 5) is 42.1. The van der Waals surface area contributed by atoms with Gasteiger partial charge in [0.25, 0.3) is 5.91 Å². The van der Waals surface area contributed by atoms with Gasteiger partial charge in [-0.05, 0) is 48.4 Å². The van der Waals surface area contributed by atoms with Crippen molar-refractivity contribution >= 4 is 17.7 Å². The Bertz CT molecular complexity index is 1400. The third-order valence-electron chi connectivity index (χ3n) is 6.51. The quantitative estimate of drug-likeness (QED) is 0.556. The Morgan fingerprint density at radius 1 is 1.06 bits per heavy atom. The zero-order chi connectivity index (χ0) is 25.8. The van der Waals surface area contributed by atoms with Crippen molar-refractivity contribution in [1.29, 1.82) is 0 Å². The van der Waals surface area contributed by atoms with Crippen molar-refractivity contribution in [3.8, 4) is 28.3 Å². The summed E-state index contributed by atoms with van der Waals surface area (Å²) < 4.78 is 47.5. The molecule has 8 nitrogen and oxygen atoms in total. The highest BCUT2D eigenvalue weighted by Gasteiger charge is 2.40. The van der Waals surface area contributed by atoms with Crippen LogP contribution in [0.25, 0.3) is 22.5 Å². The van der Waals surface area contributed by atoms with Crippen LogP contribution in [0.4, 0.5) is 13.2 Å². The largest absolute Gasteiger partial charge is 0.497 e. The van der Waals surface area contributed by atoms with Gasteiger partial charge in [-0.2, -0.15) is 13.2 Å². The second-order valence-corrected chi connectivity index (χ2v) is 8.69. The van der Waals surface area contributed by atoms with Crippen molar-refractivity contribution in [2.24, 2.45) is 7.05 Å². The lowest BCUT2D eigenvalue weighted by Gasteiger charge is -2.29. The average Bonchev–Trinajstić information content (AvgIpc) is 3.36. The Morgan fingerprint density at radius 3 is 2.39 bits per heavy atom. The lowest BCUT2D eigenvalue weighted by atomic mass is 10.0. The summed E-state index contributed by atoms with van der Waals surface area (Å²) in [6.07, 6.45) is -4.33. The number of hydrogen-bond acceptors (Lipinski definition) is 5. The topological polar surface area (TPSA) is 93.5 Å². The van der Waals surface area contributed by atoms with E-state index in [2.05, 4.69) is 10.3 Å². The van der Waals surface area contributed by atoms with Gasteiger partial charge in [0, 0.05) is 36.7 Å². The molecule has 1 atom stereocenters. The summed E-state index contributed by atoms with van der Waals surface area (Å²) in [5.41, 5.74) is 2.23. The van der Waals surface area contributed by atoms with Gasteiger partial charge in [0.15, 0.2) is 0 Å². The molecule has 2 aliphatic rings. The summed E-state index contributed by atoms with van der Waals surface area (Å²) in [6.45, 7) is 0.102. The molecule has 0 aliphatic carbocycles. The molecular formula is C25H21F3N4O4. The van der Waals surface area contributed by atoms with Gasteiger partial charge in [0.1, 0.15) is 11.8 Å². The molecule has 2 aliphatic heterocycles. The number of carbonyl (C=O) groups is 3. The van der Waals surface area contributed by atoms with E-state index in [0.717, 1.165) is 4.57 Å². The third kappa shape index (κ3) is 3.90. The number of methoxy groups -OCH3 is 1. The first kappa shape index (κ1) is 23.6. The maximum Gasteiger partial charge on any atom is 0.449 e. The van der Waals surface area contributed by atoms with Crippen LogP contribution in [0.1, 0.15) is 34.6 Å². The minimum absolute atomic E-state index is 0.102. The zero-order valence-electron chi connectivity index (χ0n) is 19.3. The summed E-state index contributed by atoms with van der Waals surface area (Å²) in [5.74, 6) is -1.77. The highest BCUT2D eigenvalue weighted by molar-refractivity contribution is 6.05. The van der Waals surface area contributed by atoms with Crippen LogP contribution in [-0.4, -0.2) is 45.3 Å². The van der Waals surface area contributed by atoms with Gasteiger partial charge >= 0.3 is 6.18 Å². The molecule has 36 heavy (non-hydrogen) atoms. The molecule has 1 saturated heterocycles. The molecule has 1 aromatic heterocycles. The maximum absolute atomic E-state index is 13.8. The number of imide groups is 1. The van der Waals surface area contributed by atoms with Gasteiger partial charge < -0.3 is 14.2 Å². The molecule has 3 amide bonds. The molecule has 1 unspecified atom stereocenters. The number of benzene rings is 2. The normalized spacial score (nSPS) is 17.9. The Balaban J connectivity index is 1.56. The van der Waals surface area contributed by atoms with E-state index in [1.807, 2.05) is 0 Å². The molecule has 2 aromatic carbocycles. The standard InChI is InChI=1S/C25H21F3N4O4/c1-31-21(13-3-6-16(36-2)7-4-13)20(30-24(31)25(26,27)28)14-5-8-17-15(11-14)12-32(23(17)35)18-9-10-19(33)29-22(18)34/h3-8,11,18H,9-10,12H2,1-2H3,(H,29,33,34). The van der Waals surface area contributed by atoms with Crippen LogP contribution in [0.3, 0.4) is 0 Å². The van der Waals surface area contributed by atoms with Crippen molar-refractivity contribution in [2.75, 3.05) is 7.11 Å². The maximum atomic E-state index is 13.8. The van der Waals surface area contributed by atoms with Crippen LogP contribution in [-0.2, 0) is 29.4 Å². The average molecular weight is 498 g/mol. The molecular weight excluding hydrogens is 477 g/mol. The van der Waals surface area contributed by atoms with E-state index >= 15 is 0 Å². The van der Waals surface area contributed by atoms with Crippen LogP contribution < -0.4 is 10.1 Å². The Labute approximate surface area is 203 Å². The molecule has 3 aromatic rings. The minimum Gasteiger partial charge on any atom is -0.497 e. The van der Waals surface area contributed by atoms with Gasteiger partial charge in [0.05, 0.1) is 18.5 Å². The molecule has 0 spiro atoms. The number of carbonyl (C=O) groups excluding carboxylic acids is 3. The fourth-order valence-electron chi connectivity index (χ4n) is 4.75. The number of nitrogens with zero attached hydrogens (tertiary/aromatic N) is 3. The molecule has 11 heteroatoms. The van der Waals surface area contributed by atoms with Gasteiger partial charge in [-0.3, -0.25) is 19.7 Å². The second-order valence-electron chi connectivity index (χ2n) is 8.69. The Kier molecular flexibility index (Phi) is 5.57. The van der Waals surface area contributed by atoms with Crippen molar-refractivity contribution in [3.05, 3.63) is 59.4 Å². The first-order valence-electron chi connectivity index (χ1n) is 11.1. The molecule has 186 valence electrons. The van der Waals surface area contributed by atoms with E-state index in [4.69, 9.17) is 4.74 Å². The summed E-state index contributed by atoms with van der Waals surface area (Å²) in [7, 11) is 2.80. The molecule has 1 N–H and O–H groups in total. The predicted octanol–water partition coefficient (Wildman–Crippen LogP) is 3.54. The minimum atomic E-state index is -4.68. The summed E-state index contributed by atoms with van der Waals surface area (Å²) >= 11 is 0. The number of aromatic nitrogens is 2. The van der Waals surface area contributed by atoms with Crippen LogP contribution in [0.2, 0.25) is 0 Å². The van der Waals surface area contributed by atoms with Crippen molar-refractivity contribution in [2.45, 2.75) is 31.6 Å². The second kappa shape index (κ2) is 8.51. The highest BCUT2D eigenvalue weighted by atomic mass is 19.4. The molecule has 5 rings (SSSR count). The number of nitrogens with one attached hydrogen (secondary N) is 1. The van der Waals surface area contributed by atoms with E-state index in [1.165, 1.54) is 19.1 Å². The van der Waals surface area contributed by atoms with Crippen LogP contribution in [0.5, 0.6) is 5.75 Å². The van der Waals surface area contributed by atoms with Crippen molar-refractivity contribution < 1.29 is 32.3 Å². The van der Waals surface area contributed by atoms with Crippen molar-refractivity contribution in [1.82, 2.24) is 19.8 Å². The first-order valence-corrected chi connectivity index (χ1v) is 11.1. The highest BCUT2D eigenvalue weighted by Crippen LogP contribution is 2.40. The lowest BCUT2D eigenvalue weighted by molar-refractivity contribution is -0.146. The van der Waals surface area contributed by atoms with Crippen LogP contribution >= 0.6 is 0 Å². The van der Waals surface area contributed by atoms with E-state index in [9.17, 15) is 27.6 Å². The van der Waals surface area contributed by atoms with Gasteiger partial charge in [0.2, 0.25) is 17.6 Å². The number of halogens is 3. The van der Waals surface area contributed by atoms with E-state index in [0.29, 0.717) is 28.0 Å². The number of rotatable bonds is 4. The number of fused-ring (bicyclic) bond motifs is 1. The van der Waals surface area contributed by atoms with Gasteiger partial charge in [-0.1, -0.05) is 6.07 Å². The number of piperidine rings is 1. The van der Waals surface area contributed by atoms with E-state index in [-0.39, 0.29) is 42.6 Å². The van der Waals surface area contributed by atoms with E-state index < -0.39 is 23.9 Å². The number of hydrogen-bond donors (Lipinski definition) is 1. The number of amides is 3. The molecule has 3 heterocycles. The number of ether oxygens (including phenoxy) is 1. The monoisotopic (exact) mass is 498 g/mol. The van der Waals surface area contributed by atoms with Crippen LogP contribution in [0, 0.1) is 0 Å². The van der Waals surface area contributed by atoms with Gasteiger partial charge in [-0.25, -0.2) is 4.98 Å². The third-order valence-corrected chi connectivity index (χ3v) is 6.51. The zero-order valence-corrected chi connectivity index (χ0v) is 19.3.